The van der Waals surface area contributed by atoms with E-state index < -0.39 is 29.1 Å². The molecule has 0 aliphatic heterocycles. The Morgan fingerprint density at radius 1 is 0.565 bits per heavy atom. The monoisotopic (exact) mass is 698 g/mol. The molecule has 0 bridgehead atoms. The summed E-state index contributed by atoms with van der Waals surface area (Å²) in [6.45, 7) is 0. The van der Waals surface area contributed by atoms with E-state index in [0.29, 0.717) is 17.3 Å². The zero-order valence-corrected chi connectivity index (χ0v) is 26.1. The second-order valence-electron chi connectivity index (χ2n) is 9.76. The molecule has 0 saturated heterocycles. The molecule has 2 aromatic carbocycles. The summed E-state index contributed by atoms with van der Waals surface area (Å²) in [6, 6.07) is 19.5. The van der Waals surface area contributed by atoms with Crippen molar-refractivity contribution in [1.82, 2.24) is 0 Å². The van der Waals surface area contributed by atoms with Crippen molar-refractivity contribution in [3.63, 3.8) is 0 Å². The molecular formula is C32H16F6N4S4. The molecule has 6 rings (SSSR count). The van der Waals surface area contributed by atoms with Gasteiger partial charge in [-0.15, -0.1) is 45.3 Å². The summed E-state index contributed by atoms with van der Waals surface area (Å²) in [6.07, 6.45) is -8.24. The van der Waals surface area contributed by atoms with E-state index in [4.69, 9.17) is 21.5 Å². The van der Waals surface area contributed by atoms with Gasteiger partial charge in [-0.3, -0.25) is 0 Å². The Labute approximate surface area is 272 Å². The van der Waals surface area contributed by atoms with Gasteiger partial charge in [0.2, 0.25) is 0 Å². The first-order valence-electron chi connectivity index (χ1n) is 13.0. The van der Waals surface area contributed by atoms with E-state index in [-0.39, 0.29) is 21.5 Å². The van der Waals surface area contributed by atoms with Gasteiger partial charge in [0.25, 0.3) is 0 Å². The van der Waals surface area contributed by atoms with E-state index in [1.165, 1.54) is 40.9 Å². The van der Waals surface area contributed by atoms with Crippen LogP contribution < -0.4 is 0 Å². The molecule has 0 amide bonds. The van der Waals surface area contributed by atoms with Gasteiger partial charge in [0.1, 0.15) is 11.6 Å². The van der Waals surface area contributed by atoms with Gasteiger partial charge in [0.05, 0.1) is 5.57 Å². The fourth-order valence-corrected chi connectivity index (χ4v) is 9.44. The largest absolute Gasteiger partial charge is 0.426 e. The zero-order chi connectivity index (χ0) is 33.0. The normalized spacial score (nSPS) is 13.5. The molecule has 3 N–H and O–H groups in total. The minimum absolute atomic E-state index is 0.168. The minimum atomic E-state index is -4.88. The maximum atomic E-state index is 13.4. The molecule has 0 saturated carbocycles. The Morgan fingerprint density at radius 2 is 1.04 bits per heavy atom. The number of nitriles is 1. The predicted molar refractivity (Wildman–Crippen MR) is 179 cm³/mol. The predicted octanol–water partition coefficient (Wildman–Crippen LogP) is 11.8. The third-order valence-electron chi connectivity index (χ3n) is 7.12. The van der Waals surface area contributed by atoms with E-state index >= 15 is 0 Å². The number of hydrogen-bond donors (Lipinski definition) is 3. The standard InChI is InChI=1S/C32H16F6N4S4/c33-31(34,35)21(13-41)19(11-39)25-5-7-27(43-25)29-9-17-15-1-3-23-18(16(15)2-4-24(17)46-29)10-30(45-23)28-8-6-26(44-28)20(12-40)22(14-42)32(36,37)38/h1-13,39-41H/b21-19+,22-20+,39-11?,40-12?,41-13?. The van der Waals surface area contributed by atoms with Gasteiger partial charge >= 0.3 is 12.4 Å². The number of hydrogen-bond acceptors (Lipinski definition) is 8. The minimum Gasteiger partial charge on any atom is -0.308 e. The van der Waals surface area contributed by atoms with Crippen molar-refractivity contribution in [2.24, 2.45) is 0 Å². The van der Waals surface area contributed by atoms with Crippen molar-refractivity contribution < 1.29 is 26.3 Å². The quantitative estimate of drug-likeness (QED) is 0.0864. The molecule has 4 heterocycles. The van der Waals surface area contributed by atoms with Crippen LogP contribution >= 0.6 is 45.3 Å². The number of nitrogens with zero attached hydrogens (tertiary/aromatic N) is 1. The van der Waals surface area contributed by atoms with Crippen LogP contribution in [0.4, 0.5) is 26.3 Å². The van der Waals surface area contributed by atoms with Crippen LogP contribution in [0.25, 0.3) is 61.6 Å². The molecular weight excluding hydrogens is 683 g/mol. The Morgan fingerprint density at radius 3 is 1.43 bits per heavy atom. The smallest absolute Gasteiger partial charge is 0.308 e. The molecule has 0 radical (unpaired) electrons. The molecule has 0 atom stereocenters. The highest BCUT2D eigenvalue weighted by Gasteiger charge is 2.37. The number of allylic oxidation sites excluding steroid dienone is 4. The molecule has 14 heteroatoms. The van der Waals surface area contributed by atoms with Crippen LogP contribution in [-0.4, -0.2) is 31.0 Å². The lowest BCUT2D eigenvalue weighted by molar-refractivity contribution is -0.0870. The molecule has 0 fully saturated rings. The molecule has 4 aromatic heterocycles. The van der Waals surface area contributed by atoms with E-state index in [2.05, 4.69) is 0 Å². The second-order valence-corrected chi connectivity index (χ2v) is 14.1. The van der Waals surface area contributed by atoms with Crippen molar-refractivity contribution in [3.8, 4) is 25.6 Å². The molecule has 0 aliphatic carbocycles. The fourth-order valence-electron chi connectivity index (χ4n) is 5.06. The van der Waals surface area contributed by atoms with Crippen LogP contribution in [0.1, 0.15) is 9.75 Å². The zero-order valence-electron chi connectivity index (χ0n) is 22.9. The number of halogens is 6. The number of nitrogens with one attached hydrogen (secondary N) is 3. The highest BCUT2D eigenvalue weighted by molar-refractivity contribution is 7.27. The maximum Gasteiger partial charge on any atom is 0.426 e. The Kier molecular flexibility index (Phi) is 8.06. The Hall–Kier alpha value is -4.42. The first-order chi connectivity index (χ1) is 21.9. The Balaban J connectivity index is 1.40. The molecule has 0 aliphatic rings. The third-order valence-corrected chi connectivity index (χ3v) is 11.9. The van der Waals surface area contributed by atoms with Crippen molar-refractivity contribution in [2.75, 3.05) is 0 Å². The summed E-state index contributed by atoms with van der Waals surface area (Å²) in [5.41, 5.74) is -3.45. The number of rotatable bonds is 7. The average Bonchev–Trinajstić information content (AvgIpc) is 3.81. The summed E-state index contributed by atoms with van der Waals surface area (Å²) >= 11 is 5.15. The molecule has 4 nitrogen and oxygen atoms in total. The van der Waals surface area contributed by atoms with Crippen LogP contribution in [0.15, 0.2) is 71.8 Å². The van der Waals surface area contributed by atoms with Gasteiger partial charge in [-0.2, -0.15) is 31.6 Å². The number of fused-ring (bicyclic) bond motifs is 5. The molecule has 0 unspecified atom stereocenters. The van der Waals surface area contributed by atoms with Gasteiger partial charge in [-0.05, 0) is 59.3 Å². The lowest BCUT2D eigenvalue weighted by Crippen LogP contribution is -2.15. The number of alkyl halides is 6. The number of benzene rings is 2. The van der Waals surface area contributed by atoms with Crippen molar-refractivity contribution in [1.29, 1.82) is 21.5 Å². The Bertz CT molecular complexity index is 2320. The topological polar surface area (TPSA) is 95.3 Å². The lowest BCUT2D eigenvalue weighted by Gasteiger charge is -2.09. The third kappa shape index (κ3) is 5.49. The van der Waals surface area contributed by atoms with Crippen molar-refractivity contribution in [3.05, 3.63) is 81.6 Å². The van der Waals surface area contributed by atoms with Crippen LogP contribution in [0, 0.1) is 27.6 Å². The first-order valence-corrected chi connectivity index (χ1v) is 16.3. The first kappa shape index (κ1) is 31.6. The van der Waals surface area contributed by atoms with Gasteiger partial charge in [-0.25, -0.2) is 0 Å². The molecule has 46 heavy (non-hydrogen) atoms. The molecule has 0 spiro atoms. The van der Waals surface area contributed by atoms with Gasteiger partial charge in [0.15, 0.2) is 0 Å². The van der Waals surface area contributed by atoms with E-state index in [9.17, 15) is 26.3 Å². The molecule has 230 valence electrons. The second kappa shape index (κ2) is 11.7. The van der Waals surface area contributed by atoms with Crippen LogP contribution in [-0.2, 0) is 0 Å². The van der Waals surface area contributed by atoms with Crippen molar-refractivity contribution in [2.45, 2.75) is 12.4 Å². The van der Waals surface area contributed by atoms with Gasteiger partial charge < -0.3 is 16.2 Å². The van der Waals surface area contributed by atoms with Crippen molar-refractivity contribution >= 4 is 106 Å². The van der Waals surface area contributed by atoms with E-state index in [1.807, 2.05) is 36.4 Å². The summed E-state index contributed by atoms with van der Waals surface area (Å²) in [5.74, 6) is 0. The van der Waals surface area contributed by atoms with Crippen LogP contribution in [0.3, 0.4) is 0 Å². The maximum absolute atomic E-state index is 13.4. The summed E-state index contributed by atoms with van der Waals surface area (Å²) < 4.78 is 82.3. The van der Waals surface area contributed by atoms with E-state index in [0.717, 1.165) is 68.2 Å². The highest BCUT2D eigenvalue weighted by atomic mass is 32.1. The lowest BCUT2D eigenvalue weighted by atomic mass is 10.0. The number of thiophene rings is 4. The molecule has 6 aromatic rings. The van der Waals surface area contributed by atoms with Crippen LogP contribution in [0.2, 0.25) is 0 Å². The summed E-state index contributed by atoms with van der Waals surface area (Å²) in [4.78, 5) is 3.49. The van der Waals surface area contributed by atoms with Gasteiger partial charge in [0, 0.05) is 79.2 Å². The summed E-state index contributed by atoms with van der Waals surface area (Å²) in [7, 11) is 0. The van der Waals surface area contributed by atoms with Gasteiger partial charge in [-0.1, -0.05) is 12.1 Å². The highest BCUT2D eigenvalue weighted by Crippen LogP contribution is 2.46. The SMILES string of the molecule is N#C/C(=C(/C=N)c1ccc(-c2cc3c(ccc4c5cc(-c6ccc(/C(C=N)=C(\C=N)C(F)(F)F)s6)sc5ccc34)s2)s1)C(F)(F)F. The average molecular weight is 699 g/mol. The fraction of sp³-hybridized carbons (Fsp3) is 0.0625. The van der Waals surface area contributed by atoms with E-state index in [1.54, 1.807) is 12.1 Å². The summed E-state index contributed by atoms with van der Waals surface area (Å²) in [5, 5.41) is 35.2. The van der Waals surface area contributed by atoms with Crippen LogP contribution in [0.5, 0.6) is 0 Å².